The van der Waals surface area contributed by atoms with Crippen molar-refractivity contribution in [2.45, 2.75) is 65.1 Å². The summed E-state index contributed by atoms with van der Waals surface area (Å²) in [5.41, 5.74) is 2.79. The second-order valence-corrected chi connectivity index (χ2v) is 5.98. The molecule has 0 aromatic heterocycles. The molecule has 0 spiro atoms. The van der Waals surface area contributed by atoms with Gasteiger partial charge in [0, 0.05) is 30.9 Å². The fourth-order valence-corrected chi connectivity index (χ4v) is 2.36. The molecule has 0 bridgehead atoms. The molecule has 0 heterocycles. The first-order valence-corrected chi connectivity index (χ1v) is 7.79. The third-order valence-corrected chi connectivity index (χ3v) is 3.72. The molecular weight excluding hydrogens is 232 g/mol. The van der Waals surface area contributed by atoms with Crippen molar-refractivity contribution in [1.29, 1.82) is 0 Å². The summed E-state index contributed by atoms with van der Waals surface area (Å²) >= 11 is 0. The van der Waals surface area contributed by atoms with E-state index in [-0.39, 0.29) is 0 Å². The van der Waals surface area contributed by atoms with Crippen molar-refractivity contribution >= 4 is 5.69 Å². The van der Waals surface area contributed by atoms with Crippen LogP contribution in [0.3, 0.4) is 0 Å². The minimum absolute atomic E-state index is 0.548. The number of anilines is 1. The smallest absolute Gasteiger partial charge is 0.0368 e. The van der Waals surface area contributed by atoms with Gasteiger partial charge in [-0.1, -0.05) is 39.3 Å². The topological polar surface area (TPSA) is 15.3 Å². The standard InChI is InChI=1S/C17H28N2/c1-4-5-12-19(17-10-11-17)16-8-6-15(7-9-16)13-18-14(2)3/h6-9,14,17-18H,4-5,10-13H2,1-3H3. The molecule has 0 saturated heterocycles. The van der Waals surface area contributed by atoms with E-state index < -0.39 is 0 Å². The molecule has 2 heteroatoms. The summed E-state index contributed by atoms with van der Waals surface area (Å²) in [6.45, 7) is 8.83. The number of hydrogen-bond acceptors (Lipinski definition) is 2. The lowest BCUT2D eigenvalue weighted by molar-refractivity contribution is 0.589. The van der Waals surface area contributed by atoms with Crippen LogP contribution in [0.5, 0.6) is 0 Å². The van der Waals surface area contributed by atoms with E-state index in [9.17, 15) is 0 Å². The number of nitrogens with zero attached hydrogens (tertiary/aromatic N) is 1. The molecule has 1 aliphatic carbocycles. The van der Waals surface area contributed by atoms with Crippen molar-refractivity contribution in [3.8, 4) is 0 Å². The molecule has 2 rings (SSSR count). The quantitative estimate of drug-likeness (QED) is 0.761. The third-order valence-electron chi connectivity index (χ3n) is 3.72. The fourth-order valence-electron chi connectivity index (χ4n) is 2.36. The summed E-state index contributed by atoms with van der Waals surface area (Å²) in [5.74, 6) is 0. The van der Waals surface area contributed by atoms with Gasteiger partial charge in [0.2, 0.25) is 0 Å². The lowest BCUT2D eigenvalue weighted by atomic mass is 10.1. The highest BCUT2D eigenvalue weighted by Crippen LogP contribution is 2.32. The van der Waals surface area contributed by atoms with Gasteiger partial charge in [0.15, 0.2) is 0 Å². The highest BCUT2D eigenvalue weighted by atomic mass is 15.2. The number of unbranched alkanes of at least 4 members (excludes halogenated alkanes) is 1. The summed E-state index contributed by atoms with van der Waals surface area (Å²) < 4.78 is 0. The van der Waals surface area contributed by atoms with Gasteiger partial charge in [0.25, 0.3) is 0 Å². The van der Waals surface area contributed by atoms with E-state index in [1.807, 2.05) is 0 Å². The van der Waals surface area contributed by atoms with Gasteiger partial charge in [-0.25, -0.2) is 0 Å². The molecule has 1 aromatic rings. The monoisotopic (exact) mass is 260 g/mol. The van der Waals surface area contributed by atoms with Crippen molar-refractivity contribution in [3.63, 3.8) is 0 Å². The summed E-state index contributed by atoms with van der Waals surface area (Å²) in [4.78, 5) is 2.60. The van der Waals surface area contributed by atoms with Crippen LogP contribution in [0.4, 0.5) is 5.69 Å². The van der Waals surface area contributed by atoms with E-state index in [0.29, 0.717) is 6.04 Å². The van der Waals surface area contributed by atoms with Crippen LogP contribution in [0, 0.1) is 0 Å². The number of nitrogens with one attached hydrogen (secondary N) is 1. The van der Waals surface area contributed by atoms with Gasteiger partial charge in [-0.2, -0.15) is 0 Å². The summed E-state index contributed by atoms with van der Waals surface area (Å²) in [5, 5.41) is 3.47. The van der Waals surface area contributed by atoms with Crippen LogP contribution in [-0.2, 0) is 6.54 Å². The van der Waals surface area contributed by atoms with Crippen molar-refractivity contribution in [2.75, 3.05) is 11.4 Å². The summed E-state index contributed by atoms with van der Waals surface area (Å²) in [6.07, 6.45) is 5.33. The predicted molar refractivity (Wildman–Crippen MR) is 83.7 cm³/mol. The predicted octanol–water partition coefficient (Wildman–Crippen LogP) is 3.95. The Morgan fingerprint density at radius 1 is 1.21 bits per heavy atom. The SMILES string of the molecule is CCCCN(c1ccc(CNC(C)C)cc1)C1CC1. The lowest BCUT2D eigenvalue weighted by Crippen LogP contribution is -2.26. The first kappa shape index (κ1) is 14.4. The van der Waals surface area contributed by atoms with Gasteiger partial charge >= 0.3 is 0 Å². The van der Waals surface area contributed by atoms with E-state index in [1.54, 1.807) is 0 Å². The lowest BCUT2D eigenvalue weighted by Gasteiger charge is -2.25. The molecular formula is C17H28N2. The third kappa shape index (κ3) is 4.54. The van der Waals surface area contributed by atoms with Crippen molar-refractivity contribution in [2.24, 2.45) is 0 Å². The van der Waals surface area contributed by atoms with E-state index in [1.165, 1.54) is 43.5 Å². The van der Waals surface area contributed by atoms with Gasteiger partial charge in [-0.15, -0.1) is 0 Å². The molecule has 0 amide bonds. The normalized spacial score (nSPS) is 14.9. The molecule has 0 atom stereocenters. The van der Waals surface area contributed by atoms with Crippen molar-refractivity contribution in [1.82, 2.24) is 5.32 Å². The van der Waals surface area contributed by atoms with Gasteiger partial charge < -0.3 is 10.2 Å². The minimum Gasteiger partial charge on any atom is -0.369 e. The van der Waals surface area contributed by atoms with Crippen LogP contribution in [0.1, 0.15) is 52.0 Å². The van der Waals surface area contributed by atoms with Gasteiger partial charge in [-0.3, -0.25) is 0 Å². The van der Waals surface area contributed by atoms with Gasteiger partial charge in [-0.05, 0) is 37.0 Å². The van der Waals surface area contributed by atoms with Gasteiger partial charge in [0.1, 0.15) is 0 Å². The van der Waals surface area contributed by atoms with Crippen LogP contribution < -0.4 is 10.2 Å². The highest BCUT2D eigenvalue weighted by molar-refractivity contribution is 5.49. The number of benzene rings is 1. The van der Waals surface area contributed by atoms with E-state index in [2.05, 4.69) is 55.3 Å². The Hall–Kier alpha value is -1.02. The van der Waals surface area contributed by atoms with E-state index in [0.717, 1.165) is 12.6 Å². The zero-order chi connectivity index (χ0) is 13.7. The Balaban J connectivity index is 1.95. The van der Waals surface area contributed by atoms with E-state index >= 15 is 0 Å². The van der Waals surface area contributed by atoms with Crippen LogP contribution in [-0.4, -0.2) is 18.6 Å². The first-order chi connectivity index (χ1) is 9.20. The molecule has 1 aliphatic rings. The van der Waals surface area contributed by atoms with Crippen LogP contribution in [0.25, 0.3) is 0 Å². The fraction of sp³-hybridized carbons (Fsp3) is 0.647. The molecule has 0 unspecified atom stereocenters. The van der Waals surface area contributed by atoms with Crippen molar-refractivity contribution in [3.05, 3.63) is 29.8 Å². The minimum atomic E-state index is 0.548. The first-order valence-electron chi connectivity index (χ1n) is 7.79. The largest absolute Gasteiger partial charge is 0.369 e. The van der Waals surface area contributed by atoms with Crippen molar-refractivity contribution < 1.29 is 0 Å². The average molecular weight is 260 g/mol. The van der Waals surface area contributed by atoms with Crippen LogP contribution >= 0.6 is 0 Å². The maximum Gasteiger partial charge on any atom is 0.0368 e. The molecule has 1 fully saturated rings. The summed E-state index contributed by atoms with van der Waals surface area (Å²) in [6, 6.07) is 10.5. The molecule has 0 radical (unpaired) electrons. The van der Waals surface area contributed by atoms with Gasteiger partial charge in [0.05, 0.1) is 0 Å². The van der Waals surface area contributed by atoms with Crippen LogP contribution in [0.15, 0.2) is 24.3 Å². The maximum atomic E-state index is 3.47. The second kappa shape index (κ2) is 6.95. The molecule has 1 saturated carbocycles. The molecule has 2 nitrogen and oxygen atoms in total. The average Bonchev–Trinajstić information content (AvgIpc) is 3.23. The molecule has 19 heavy (non-hydrogen) atoms. The Bertz CT molecular complexity index is 365. The van der Waals surface area contributed by atoms with E-state index in [4.69, 9.17) is 0 Å². The molecule has 0 aliphatic heterocycles. The zero-order valence-corrected chi connectivity index (χ0v) is 12.7. The number of rotatable bonds is 8. The Kier molecular flexibility index (Phi) is 5.26. The Morgan fingerprint density at radius 2 is 1.89 bits per heavy atom. The molecule has 106 valence electrons. The number of hydrogen-bond donors (Lipinski definition) is 1. The van der Waals surface area contributed by atoms with Crippen LogP contribution in [0.2, 0.25) is 0 Å². The highest BCUT2D eigenvalue weighted by Gasteiger charge is 2.28. The zero-order valence-electron chi connectivity index (χ0n) is 12.7. The second-order valence-electron chi connectivity index (χ2n) is 5.98. The maximum absolute atomic E-state index is 3.47. The Labute approximate surface area is 118 Å². The Morgan fingerprint density at radius 3 is 2.42 bits per heavy atom. The summed E-state index contributed by atoms with van der Waals surface area (Å²) in [7, 11) is 0. The molecule has 1 aromatic carbocycles. The molecule has 1 N–H and O–H groups in total.